The minimum absolute atomic E-state index is 0.00995. The zero-order chi connectivity index (χ0) is 36.6. The van der Waals surface area contributed by atoms with Gasteiger partial charge in [0.15, 0.2) is 0 Å². The van der Waals surface area contributed by atoms with Gasteiger partial charge in [-0.1, -0.05) is 97.2 Å². The quantitative estimate of drug-likeness (QED) is 0.109. The molecule has 1 aromatic heterocycles. The standard InChI is InChI=1S/C41H34Cl2N4O5/c1-2-8-37-34(25-44-47(37)30-20-17-28(42)18-21-30)40(49)45-35-22-19-29(43)24-33(35)39(48)46-36(41(50)51)23-26-13-15-27(16-14-26)32-11-6-7-12-38(32)52-31-9-4-3-5-10-31/h3-7,9-22,24-25,36H,2,8,23H2,1H3,(H,45,49)(H,46,48)(H,50,51)/t36-/m0/s1. The van der Waals surface area contributed by atoms with Crippen LogP contribution in [-0.2, 0) is 17.6 Å². The van der Waals surface area contributed by atoms with Crippen molar-refractivity contribution in [3.63, 3.8) is 0 Å². The van der Waals surface area contributed by atoms with E-state index >= 15 is 0 Å². The summed E-state index contributed by atoms with van der Waals surface area (Å²) in [5, 5.41) is 20.8. The van der Waals surface area contributed by atoms with Gasteiger partial charge in [0, 0.05) is 22.0 Å². The van der Waals surface area contributed by atoms with Gasteiger partial charge in [-0.15, -0.1) is 0 Å². The lowest BCUT2D eigenvalue weighted by Crippen LogP contribution is -2.42. The number of hydrogen-bond acceptors (Lipinski definition) is 5. The number of benzene rings is 5. The van der Waals surface area contributed by atoms with Crippen LogP contribution in [0.4, 0.5) is 5.69 Å². The Morgan fingerprint density at radius 1 is 0.808 bits per heavy atom. The number of anilines is 1. The van der Waals surface area contributed by atoms with Gasteiger partial charge >= 0.3 is 5.97 Å². The summed E-state index contributed by atoms with van der Waals surface area (Å²) in [6.45, 7) is 2.00. The van der Waals surface area contributed by atoms with Crippen LogP contribution in [0.15, 0.2) is 128 Å². The third-order valence-electron chi connectivity index (χ3n) is 8.31. The molecule has 0 saturated carbocycles. The molecule has 9 nitrogen and oxygen atoms in total. The van der Waals surface area contributed by atoms with Crippen molar-refractivity contribution in [3.05, 3.63) is 160 Å². The number of aliphatic carboxylic acids is 1. The lowest BCUT2D eigenvalue weighted by Gasteiger charge is -2.17. The summed E-state index contributed by atoms with van der Waals surface area (Å²) in [4.78, 5) is 39.6. The number of carboxylic acid groups (broad SMARTS) is 1. The Bertz CT molecular complexity index is 2200. The Balaban J connectivity index is 1.18. The molecule has 52 heavy (non-hydrogen) atoms. The van der Waals surface area contributed by atoms with Crippen LogP contribution in [-0.4, -0.2) is 38.7 Å². The molecule has 0 spiro atoms. The molecule has 2 amide bonds. The van der Waals surface area contributed by atoms with Crippen molar-refractivity contribution in [1.82, 2.24) is 15.1 Å². The second-order valence-electron chi connectivity index (χ2n) is 12.0. The molecular weight excluding hydrogens is 699 g/mol. The summed E-state index contributed by atoms with van der Waals surface area (Å²) in [7, 11) is 0. The van der Waals surface area contributed by atoms with Crippen molar-refractivity contribution in [3.8, 4) is 28.3 Å². The van der Waals surface area contributed by atoms with Crippen LogP contribution in [0, 0.1) is 0 Å². The van der Waals surface area contributed by atoms with Gasteiger partial charge in [0.25, 0.3) is 11.8 Å². The van der Waals surface area contributed by atoms with E-state index in [0.29, 0.717) is 39.8 Å². The van der Waals surface area contributed by atoms with Gasteiger partial charge in [-0.25, -0.2) is 9.48 Å². The first-order valence-corrected chi connectivity index (χ1v) is 17.3. The van der Waals surface area contributed by atoms with Crippen LogP contribution >= 0.6 is 23.2 Å². The number of carboxylic acids is 1. The molecule has 0 bridgehead atoms. The third-order valence-corrected chi connectivity index (χ3v) is 8.80. The summed E-state index contributed by atoms with van der Waals surface area (Å²) >= 11 is 12.3. The Labute approximate surface area is 310 Å². The molecule has 3 N–H and O–H groups in total. The van der Waals surface area contributed by atoms with Gasteiger partial charge in [-0.05, 0) is 78.2 Å². The number of carbonyl (C=O) groups is 3. The summed E-state index contributed by atoms with van der Waals surface area (Å²) in [5.74, 6) is -1.02. The average Bonchev–Trinajstić information content (AvgIpc) is 3.57. The molecule has 0 unspecified atom stereocenters. The van der Waals surface area contributed by atoms with Crippen LogP contribution in [0.3, 0.4) is 0 Å². The molecule has 1 heterocycles. The van der Waals surface area contributed by atoms with Gasteiger partial charge in [0.05, 0.1) is 34.4 Å². The van der Waals surface area contributed by atoms with Crippen molar-refractivity contribution in [2.24, 2.45) is 0 Å². The van der Waals surface area contributed by atoms with E-state index in [2.05, 4.69) is 15.7 Å². The van der Waals surface area contributed by atoms with Crippen molar-refractivity contribution in [2.45, 2.75) is 32.2 Å². The van der Waals surface area contributed by atoms with Crippen molar-refractivity contribution in [1.29, 1.82) is 0 Å². The fourth-order valence-corrected chi connectivity index (χ4v) is 6.05. The molecule has 262 valence electrons. The summed E-state index contributed by atoms with van der Waals surface area (Å²) < 4.78 is 7.80. The summed E-state index contributed by atoms with van der Waals surface area (Å²) in [6.07, 6.45) is 2.80. The van der Waals surface area contributed by atoms with E-state index in [-0.39, 0.29) is 22.7 Å². The molecule has 0 aliphatic carbocycles. The number of aromatic nitrogens is 2. The first-order valence-electron chi connectivity index (χ1n) is 16.6. The number of nitrogens with zero attached hydrogens (tertiary/aromatic N) is 2. The SMILES string of the molecule is CCCc1c(C(=O)Nc2ccc(Cl)cc2C(=O)N[C@@H](Cc2ccc(-c3ccccc3Oc3ccccc3)cc2)C(=O)O)cnn1-c1ccc(Cl)cc1. The molecular formula is C41H34Cl2N4O5. The summed E-state index contributed by atoms with van der Waals surface area (Å²) in [5.41, 5.74) is 4.39. The maximum Gasteiger partial charge on any atom is 0.326 e. The number of para-hydroxylation sites is 2. The highest BCUT2D eigenvalue weighted by molar-refractivity contribution is 6.31. The van der Waals surface area contributed by atoms with Crippen LogP contribution < -0.4 is 15.4 Å². The number of amides is 2. The van der Waals surface area contributed by atoms with Gasteiger partial charge in [0.1, 0.15) is 17.5 Å². The van der Waals surface area contributed by atoms with Gasteiger partial charge in [-0.3, -0.25) is 9.59 Å². The fourth-order valence-electron chi connectivity index (χ4n) is 5.75. The lowest BCUT2D eigenvalue weighted by atomic mass is 9.99. The summed E-state index contributed by atoms with van der Waals surface area (Å²) in [6, 6.07) is 34.8. The number of hydrogen-bond donors (Lipinski definition) is 3. The zero-order valence-electron chi connectivity index (χ0n) is 28.1. The topological polar surface area (TPSA) is 123 Å². The maximum atomic E-state index is 13.6. The van der Waals surface area contributed by atoms with E-state index < -0.39 is 23.8 Å². The predicted molar refractivity (Wildman–Crippen MR) is 203 cm³/mol. The van der Waals surface area contributed by atoms with Crippen LogP contribution in [0.25, 0.3) is 16.8 Å². The average molecular weight is 734 g/mol. The first-order chi connectivity index (χ1) is 25.2. The maximum absolute atomic E-state index is 13.6. The van der Waals surface area contributed by atoms with E-state index in [1.54, 1.807) is 16.8 Å². The van der Waals surface area contributed by atoms with E-state index in [9.17, 15) is 19.5 Å². The van der Waals surface area contributed by atoms with Gasteiger partial charge in [0.2, 0.25) is 0 Å². The van der Waals surface area contributed by atoms with E-state index in [1.807, 2.05) is 97.9 Å². The van der Waals surface area contributed by atoms with Gasteiger partial charge in [-0.2, -0.15) is 5.10 Å². The first kappa shape index (κ1) is 35.9. The number of halogens is 2. The van der Waals surface area contributed by atoms with Crippen LogP contribution in [0.5, 0.6) is 11.5 Å². The Morgan fingerprint density at radius 3 is 2.21 bits per heavy atom. The molecule has 0 fully saturated rings. The Morgan fingerprint density at radius 2 is 1.50 bits per heavy atom. The molecule has 0 radical (unpaired) electrons. The molecule has 0 saturated heterocycles. The zero-order valence-corrected chi connectivity index (χ0v) is 29.6. The second kappa shape index (κ2) is 16.4. The van der Waals surface area contributed by atoms with Crippen molar-refractivity contribution < 1.29 is 24.2 Å². The minimum Gasteiger partial charge on any atom is -0.480 e. The van der Waals surface area contributed by atoms with E-state index in [1.165, 1.54) is 24.4 Å². The number of ether oxygens (including phenoxy) is 1. The normalized spacial score (nSPS) is 11.4. The highest BCUT2D eigenvalue weighted by atomic mass is 35.5. The second-order valence-corrected chi connectivity index (χ2v) is 12.8. The lowest BCUT2D eigenvalue weighted by molar-refractivity contribution is -0.139. The van der Waals surface area contributed by atoms with Crippen LogP contribution in [0.1, 0.15) is 45.3 Å². The molecule has 1 atom stereocenters. The molecule has 5 aromatic carbocycles. The monoisotopic (exact) mass is 732 g/mol. The van der Waals surface area contributed by atoms with Crippen molar-refractivity contribution >= 4 is 46.7 Å². The highest BCUT2D eigenvalue weighted by Crippen LogP contribution is 2.33. The Kier molecular flexibility index (Phi) is 11.3. The smallest absolute Gasteiger partial charge is 0.326 e. The molecule has 0 aliphatic rings. The fraction of sp³-hybridized carbons (Fsp3) is 0.122. The third kappa shape index (κ3) is 8.51. The number of rotatable bonds is 13. The van der Waals surface area contributed by atoms with E-state index in [4.69, 9.17) is 27.9 Å². The number of carbonyl (C=O) groups excluding carboxylic acids is 2. The van der Waals surface area contributed by atoms with Crippen molar-refractivity contribution in [2.75, 3.05) is 5.32 Å². The predicted octanol–water partition coefficient (Wildman–Crippen LogP) is 9.27. The molecule has 6 rings (SSSR count). The molecule has 0 aliphatic heterocycles. The highest BCUT2D eigenvalue weighted by Gasteiger charge is 2.25. The minimum atomic E-state index is -1.27. The Hall–Kier alpha value is -5.90. The molecule has 11 heteroatoms. The van der Waals surface area contributed by atoms with E-state index in [0.717, 1.165) is 23.2 Å². The van der Waals surface area contributed by atoms with Gasteiger partial charge < -0.3 is 20.5 Å². The largest absolute Gasteiger partial charge is 0.480 e. The van der Waals surface area contributed by atoms with Crippen LogP contribution in [0.2, 0.25) is 10.0 Å². The number of nitrogens with one attached hydrogen (secondary N) is 2. The molecule has 6 aromatic rings.